The molecule has 2 aromatic carbocycles. The molecular weight excluding hydrogens is 314 g/mol. The van der Waals surface area contributed by atoms with Gasteiger partial charge in [0.15, 0.2) is 0 Å². The van der Waals surface area contributed by atoms with Crippen molar-refractivity contribution >= 4 is 27.3 Å². The number of primary sulfonamides is 1. The molecule has 0 saturated heterocycles. The summed E-state index contributed by atoms with van der Waals surface area (Å²) >= 11 is 0. The van der Waals surface area contributed by atoms with Crippen LogP contribution in [0.15, 0.2) is 53.4 Å². The molecule has 0 aliphatic heterocycles. The van der Waals surface area contributed by atoms with Crippen LogP contribution < -0.4 is 15.8 Å². The normalized spacial score (nSPS) is 14.3. The van der Waals surface area contributed by atoms with Crippen LogP contribution in [-0.4, -0.2) is 20.4 Å². The van der Waals surface area contributed by atoms with E-state index >= 15 is 0 Å². The Morgan fingerprint density at radius 2 is 1.78 bits per heavy atom. The monoisotopic (exact) mass is 331 g/mol. The molecule has 0 aromatic heterocycles. The van der Waals surface area contributed by atoms with Gasteiger partial charge in [-0.15, -0.1) is 0 Å². The molecule has 4 N–H and O–H groups in total. The minimum absolute atomic E-state index is 0.000612. The van der Waals surface area contributed by atoms with Crippen LogP contribution in [0.1, 0.15) is 23.2 Å². The van der Waals surface area contributed by atoms with Crippen LogP contribution in [0.25, 0.3) is 0 Å². The molecule has 1 saturated carbocycles. The lowest BCUT2D eigenvalue weighted by Crippen LogP contribution is -2.18. The third kappa shape index (κ3) is 3.88. The number of amides is 1. The first-order valence-electron chi connectivity index (χ1n) is 7.23. The quantitative estimate of drug-likeness (QED) is 0.781. The van der Waals surface area contributed by atoms with Crippen molar-refractivity contribution in [2.75, 3.05) is 10.6 Å². The lowest BCUT2D eigenvalue weighted by atomic mass is 10.1. The highest BCUT2D eigenvalue weighted by Crippen LogP contribution is 2.29. The zero-order chi connectivity index (χ0) is 16.4. The van der Waals surface area contributed by atoms with Crippen molar-refractivity contribution in [3.63, 3.8) is 0 Å². The number of rotatable bonds is 5. The van der Waals surface area contributed by atoms with E-state index in [0.717, 1.165) is 12.8 Å². The molecule has 2 aromatic rings. The molecule has 1 aliphatic rings. The molecule has 0 atom stereocenters. The van der Waals surface area contributed by atoms with E-state index in [2.05, 4.69) is 10.6 Å². The number of benzene rings is 2. The molecule has 1 amide bonds. The SMILES string of the molecule is NS(=O)(=O)c1ccc(C(=O)Nc2ccccc2)cc1NC1CC1. The van der Waals surface area contributed by atoms with Crippen LogP contribution in [0, 0.1) is 0 Å². The fourth-order valence-corrected chi connectivity index (χ4v) is 2.89. The van der Waals surface area contributed by atoms with Crippen LogP contribution in [0.5, 0.6) is 0 Å². The summed E-state index contributed by atoms with van der Waals surface area (Å²) in [7, 11) is -3.85. The second-order valence-corrected chi connectivity index (χ2v) is 7.02. The van der Waals surface area contributed by atoms with Crippen LogP contribution in [0.4, 0.5) is 11.4 Å². The van der Waals surface area contributed by atoms with Crippen molar-refractivity contribution in [2.24, 2.45) is 5.14 Å². The molecule has 0 unspecified atom stereocenters. The predicted molar refractivity (Wildman–Crippen MR) is 88.9 cm³/mol. The van der Waals surface area contributed by atoms with Crippen molar-refractivity contribution in [1.82, 2.24) is 0 Å². The number of para-hydroxylation sites is 1. The van der Waals surface area contributed by atoms with E-state index in [4.69, 9.17) is 5.14 Å². The van der Waals surface area contributed by atoms with Gasteiger partial charge in [0.2, 0.25) is 10.0 Å². The Morgan fingerprint density at radius 3 is 2.39 bits per heavy atom. The summed E-state index contributed by atoms with van der Waals surface area (Å²) in [6.07, 6.45) is 1.95. The average molecular weight is 331 g/mol. The van der Waals surface area contributed by atoms with E-state index in [9.17, 15) is 13.2 Å². The summed E-state index contributed by atoms with van der Waals surface area (Å²) in [6, 6.07) is 13.6. The minimum Gasteiger partial charge on any atom is -0.381 e. The molecule has 1 aliphatic carbocycles. The molecule has 0 radical (unpaired) electrons. The van der Waals surface area contributed by atoms with Crippen LogP contribution in [-0.2, 0) is 10.0 Å². The molecule has 0 spiro atoms. The third-order valence-electron chi connectivity index (χ3n) is 3.52. The number of carbonyl (C=O) groups excluding carboxylic acids is 1. The molecule has 120 valence electrons. The Kier molecular flexibility index (Phi) is 4.06. The first-order valence-corrected chi connectivity index (χ1v) is 8.78. The molecule has 23 heavy (non-hydrogen) atoms. The lowest BCUT2D eigenvalue weighted by molar-refractivity contribution is 0.102. The van der Waals surface area contributed by atoms with E-state index < -0.39 is 10.0 Å². The number of anilines is 2. The standard InChI is InChI=1S/C16H17N3O3S/c17-23(21,22)15-9-6-11(10-14(15)18-13-7-8-13)16(20)19-12-4-2-1-3-5-12/h1-6,9-10,13,18H,7-8H2,(H,19,20)(H2,17,21,22). The Hall–Kier alpha value is -2.38. The highest BCUT2D eigenvalue weighted by molar-refractivity contribution is 7.89. The summed E-state index contributed by atoms with van der Waals surface area (Å²) < 4.78 is 23.3. The zero-order valence-electron chi connectivity index (χ0n) is 12.3. The predicted octanol–water partition coefficient (Wildman–Crippen LogP) is 2.16. The molecule has 6 nitrogen and oxygen atoms in total. The van der Waals surface area contributed by atoms with E-state index in [1.54, 1.807) is 12.1 Å². The maximum Gasteiger partial charge on any atom is 0.255 e. The summed E-state index contributed by atoms with van der Waals surface area (Å²) in [5.74, 6) is -0.309. The number of hydrogen-bond donors (Lipinski definition) is 3. The number of nitrogens with two attached hydrogens (primary N) is 1. The summed E-state index contributed by atoms with van der Waals surface area (Å²) in [4.78, 5) is 12.3. The maximum absolute atomic E-state index is 12.3. The molecule has 7 heteroatoms. The zero-order valence-corrected chi connectivity index (χ0v) is 13.1. The number of nitrogens with one attached hydrogen (secondary N) is 2. The average Bonchev–Trinajstić information content (AvgIpc) is 3.31. The van der Waals surface area contributed by atoms with E-state index in [1.165, 1.54) is 18.2 Å². The fraction of sp³-hybridized carbons (Fsp3) is 0.188. The van der Waals surface area contributed by atoms with Gasteiger partial charge in [-0.1, -0.05) is 18.2 Å². The van der Waals surface area contributed by atoms with E-state index in [0.29, 0.717) is 16.9 Å². The molecule has 0 bridgehead atoms. The van der Waals surface area contributed by atoms with Gasteiger partial charge in [-0.25, -0.2) is 13.6 Å². The van der Waals surface area contributed by atoms with Gasteiger partial charge >= 0.3 is 0 Å². The van der Waals surface area contributed by atoms with Crippen molar-refractivity contribution in [3.8, 4) is 0 Å². The van der Waals surface area contributed by atoms with Crippen LogP contribution >= 0.6 is 0 Å². The number of carbonyl (C=O) groups is 1. The second kappa shape index (κ2) is 6.02. The van der Waals surface area contributed by atoms with Crippen molar-refractivity contribution in [3.05, 3.63) is 54.1 Å². The molecule has 1 fully saturated rings. The fourth-order valence-electron chi connectivity index (χ4n) is 2.20. The summed E-state index contributed by atoms with van der Waals surface area (Å²) in [5.41, 5.74) is 1.41. The maximum atomic E-state index is 12.3. The van der Waals surface area contributed by atoms with Gasteiger partial charge in [0.05, 0.1) is 5.69 Å². The van der Waals surface area contributed by atoms with Crippen LogP contribution in [0.2, 0.25) is 0 Å². The van der Waals surface area contributed by atoms with Gasteiger partial charge in [-0.3, -0.25) is 4.79 Å². The third-order valence-corrected chi connectivity index (χ3v) is 4.49. The summed E-state index contributed by atoms with van der Waals surface area (Å²) in [5, 5.41) is 11.1. The summed E-state index contributed by atoms with van der Waals surface area (Å²) in [6.45, 7) is 0. The van der Waals surface area contributed by atoms with Crippen molar-refractivity contribution < 1.29 is 13.2 Å². The Labute approximate surface area is 134 Å². The van der Waals surface area contributed by atoms with Gasteiger partial charge in [-0.05, 0) is 43.2 Å². The van der Waals surface area contributed by atoms with Gasteiger partial charge in [0, 0.05) is 17.3 Å². The van der Waals surface area contributed by atoms with Crippen LogP contribution in [0.3, 0.4) is 0 Å². The Balaban J connectivity index is 1.89. The lowest BCUT2D eigenvalue weighted by Gasteiger charge is -2.12. The minimum atomic E-state index is -3.85. The van der Waals surface area contributed by atoms with Gasteiger partial charge in [-0.2, -0.15) is 0 Å². The van der Waals surface area contributed by atoms with Crippen molar-refractivity contribution in [1.29, 1.82) is 0 Å². The van der Waals surface area contributed by atoms with Gasteiger partial charge in [0.1, 0.15) is 4.90 Å². The smallest absolute Gasteiger partial charge is 0.255 e. The molecular formula is C16H17N3O3S. The van der Waals surface area contributed by atoms with E-state index in [1.807, 2.05) is 18.2 Å². The largest absolute Gasteiger partial charge is 0.381 e. The Bertz CT molecular complexity index is 831. The number of hydrogen-bond acceptors (Lipinski definition) is 4. The highest BCUT2D eigenvalue weighted by Gasteiger charge is 2.25. The topological polar surface area (TPSA) is 101 Å². The first-order chi connectivity index (χ1) is 10.9. The highest BCUT2D eigenvalue weighted by atomic mass is 32.2. The molecule has 0 heterocycles. The Morgan fingerprint density at radius 1 is 1.09 bits per heavy atom. The molecule has 3 rings (SSSR count). The second-order valence-electron chi connectivity index (χ2n) is 5.49. The number of sulfonamides is 1. The van der Waals surface area contributed by atoms with E-state index in [-0.39, 0.29) is 16.8 Å². The van der Waals surface area contributed by atoms with Gasteiger partial charge in [0.25, 0.3) is 5.91 Å². The first kappa shape index (κ1) is 15.5. The van der Waals surface area contributed by atoms with Crippen molar-refractivity contribution in [2.45, 2.75) is 23.8 Å². The van der Waals surface area contributed by atoms with Gasteiger partial charge < -0.3 is 10.6 Å².